The quantitative estimate of drug-likeness (QED) is 0.0977. The smallest absolute Gasteiger partial charge is 0.336 e. The number of fused-ring (bicyclic) bond motifs is 2. The third kappa shape index (κ3) is 6.37. The van der Waals surface area contributed by atoms with Crippen LogP contribution in [0.5, 0.6) is 11.5 Å². The van der Waals surface area contributed by atoms with E-state index >= 15 is 0 Å². The van der Waals surface area contributed by atoms with Gasteiger partial charge in [0.1, 0.15) is 17.3 Å². The fraction of sp³-hybridized carbons (Fsp3) is 0.556. The number of carbonyl (C=O) groups is 4. The average Bonchev–Trinajstić information content (AvgIpc) is 2.83. The van der Waals surface area contributed by atoms with Crippen molar-refractivity contribution in [2.45, 2.75) is 64.7 Å². The molecule has 1 aromatic carbocycles. The van der Waals surface area contributed by atoms with E-state index in [0.717, 1.165) is 6.08 Å². The number of phenols is 1. The van der Waals surface area contributed by atoms with Gasteiger partial charge < -0.3 is 24.5 Å². The zero-order valence-electron chi connectivity index (χ0n) is 22.3. The van der Waals surface area contributed by atoms with Gasteiger partial charge in [0.25, 0.3) is 5.09 Å². The summed E-state index contributed by atoms with van der Waals surface area (Å²) < 4.78 is 10.8. The Morgan fingerprint density at radius 3 is 2.44 bits per heavy atom. The Hall–Kier alpha value is -3.96. The molecule has 0 saturated heterocycles. The third-order valence-corrected chi connectivity index (χ3v) is 7.90. The van der Waals surface area contributed by atoms with Gasteiger partial charge in [0.15, 0.2) is 0 Å². The van der Waals surface area contributed by atoms with E-state index in [4.69, 9.17) is 14.6 Å². The molecular weight excluding hydrogens is 514 g/mol. The first-order valence-corrected chi connectivity index (χ1v) is 12.6. The van der Waals surface area contributed by atoms with Gasteiger partial charge in [-0.05, 0) is 62.1 Å². The number of carboxylic acids is 1. The molecule has 3 saturated carbocycles. The van der Waals surface area contributed by atoms with Gasteiger partial charge in [0, 0.05) is 36.0 Å². The summed E-state index contributed by atoms with van der Waals surface area (Å²) in [7, 11) is 0. The van der Waals surface area contributed by atoms with Crippen LogP contribution < -0.4 is 4.74 Å². The number of carbonyl (C=O) groups excluding carboxylic acids is 3. The molecule has 0 heterocycles. The summed E-state index contributed by atoms with van der Waals surface area (Å²) in [5.41, 5.74) is -1.09. The van der Waals surface area contributed by atoms with Crippen LogP contribution in [0.25, 0.3) is 0 Å². The normalized spacial score (nSPS) is 21.6. The van der Waals surface area contributed by atoms with Gasteiger partial charge in [-0.25, -0.2) is 9.59 Å². The van der Waals surface area contributed by atoms with E-state index in [1.54, 1.807) is 13.8 Å². The van der Waals surface area contributed by atoms with E-state index in [-0.39, 0.29) is 65.3 Å². The molecule has 3 atom stereocenters. The molecule has 0 aromatic heterocycles. The molecular formula is C27H33NO11. The lowest BCUT2D eigenvalue weighted by atomic mass is 9.44. The zero-order chi connectivity index (χ0) is 29.1. The number of Topliss-reactive ketones (excluding diaryl/α,β-unsaturated/α-hetero) is 1. The summed E-state index contributed by atoms with van der Waals surface area (Å²) in [6.07, 6.45) is 2.78. The highest BCUT2D eigenvalue weighted by molar-refractivity contribution is 5.92. The van der Waals surface area contributed by atoms with E-state index in [0.29, 0.717) is 25.3 Å². The van der Waals surface area contributed by atoms with Gasteiger partial charge in [-0.2, -0.15) is 0 Å². The minimum Gasteiger partial charge on any atom is -0.508 e. The Bertz CT molecular complexity index is 1200. The highest BCUT2D eigenvalue weighted by atomic mass is 16.9. The van der Waals surface area contributed by atoms with Crippen LogP contribution in [0, 0.1) is 27.4 Å². The average molecular weight is 548 g/mol. The van der Waals surface area contributed by atoms with E-state index in [1.807, 2.05) is 13.8 Å². The fourth-order valence-corrected chi connectivity index (χ4v) is 5.51. The molecule has 3 aliphatic rings. The second-order valence-corrected chi connectivity index (χ2v) is 11.0. The molecule has 2 N–H and O–H groups in total. The van der Waals surface area contributed by atoms with Crippen LogP contribution >= 0.6 is 0 Å². The van der Waals surface area contributed by atoms with Crippen LogP contribution in [0.2, 0.25) is 0 Å². The Balaban J connectivity index is 1.89. The Morgan fingerprint density at radius 2 is 1.85 bits per heavy atom. The molecule has 12 nitrogen and oxygen atoms in total. The van der Waals surface area contributed by atoms with E-state index in [1.165, 1.54) is 12.1 Å². The monoisotopic (exact) mass is 547 g/mol. The predicted octanol–water partition coefficient (Wildman–Crippen LogP) is 3.47. The standard InChI is InChI=1S/C27H33NO11/c1-26(2,25(34)37-9-5-6-10-38-28(35)36)15-11-20(30)24(21(12-15)39-23(33)8-7-22(31)32)16-13-19(29)18-14-17(16)27(18,3)4/h7-8,11-12,16-18,30H,5-6,9-10,13-14H2,1-4H3,(H,31,32)/b8-7+/t16-,17+,18+/m1/s1. The molecule has 39 heavy (non-hydrogen) atoms. The summed E-state index contributed by atoms with van der Waals surface area (Å²) in [5, 5.41) is 29.3. The number of rotatable bonds is 12. The van der Waals surface area contributed by atoms with E-state index < -0.39 is 34.3 Å². The van der Waals surface area contributed by atoms with Crippen LogP contribution in [-0.2, 0) is 34.2 Å². The van der Waals surface area contributed by atoms with Gasteiger partial charge in [0.05, 0.1) is 18.6 Å². The summed E-state index contributed by atoms with van der Waals surface area (Å²) in [6.45, 7) is 6.95. The maximum atomic E-state index is 12.9. The molecule has 12 heteroatoms. The highest BCUT2D eigenvalue weighted by Crippen LogP contribution is 2.64. The van der Waals surface area contributed by atoms with Crippen LogP contribution in [0.15, 0.2) is 24.3 Å². The minimum atomic E-state index is -1.35. The third-order valence-electron chi connectivity index (χ3n) is 7.90. The number of hydrogen-bond acceptors (Lipinski definition) is 10. The van der Waals surface area contributed by atoms with Crippen LogP contribution in [0.4, 0.5) is 0 Å². The number of benzene rings is 1. The summed E-state index contributed by atoms with van der Waals surface area (Å²) >= 11 is 0. The second kappa shape index (κ2) is 11.4. The van der Waals surface area contributed by atoms with Crippen LogP contribution in [0.3, 0.4) is 0 Å². The van der Waals surface area contributed by atoms with Gasteiger partial charge in [-0.3, -0.25) is 9.59 Å². The molecule has 2 bridgehead atoms. The van der Waals surface area contributed by atoms with Crippen molar-refractivity contribution in [1.29, 1.82) is 0 Å². The number of nitrogens with zero attached hydrogens (tertiary/aromatic N) is 1. The first kappa shape index (κ1) is 29.6. The Labute approximate surface area is 225 Å². The number of unbranched alkanes of at least 4 members (excludes halogenated alkanes) is 1. The molecule has 0 spiro atoms. The lowest BCUT2D eigenvalue weighted by Gasteiger charge is -2.59. The van der Waals surface area contributed by atoms with Crippen molar-refractivity contribution in [2.75, 3.05) is 13.2 Å². The topological polar surface area (TPSA) is 180 Å². The van der Waals surface area contributed by atoms with Gasteiger partial charge in [-0.1, -0.05) is 13.8 Å². The number of hydrogen-bond donors (Lipinski definition) is 2. The van der Waals surface area contributed by atoms with Crippen molar-refractivity contribution < 1.29 is 48.8 Å². The number of phenolic OH excluding ortho intramolecular Hbond substituents is 1. The lowest BCUT2D eigenvalue weighted by molar-refractivity contribution is -0.757. The highest BCUT2D eigenvalue weighted by Gasteiger charge is 2.59. The fourth-order valence-electron chi connectivity index (χ4n) is 5.51. The van der Waals surface area contributed by atoms with Crippen molar-refractivity contribution in [2.24, 2.45) is 17.3 Å². The van der Waals surface area contributed by atoms with Crippen molar-refractivity contribution in [3.63, 3.8) is 0 Å². The van der Waals surface area contributed by atoms with Crippen LogP contribution in [0.1, 0.15) is 70.4 Å². The van der Waals surface area contributed by atoms with Gasteiger partial charge in [0.2, 0.25) is 0 Å². The Kier molecular flexibility index (Phi) is 8.67. The molecule has 4 rings (SSSR count). The molecule has 3 aliphatic carbocycles. The minimum absolute atomic E-state index is 0.0165. The van der Waals surface area contributed by atoms with Gasteiger partial charge >= 0.3 is 17.9 Å². The molecule has 0 aliphatic heterocycles. The summed E-state index contributed by atoms with van der Waals surface area (Å²) in [4.78, 5) is 63.5. The number of aromatic hydroxyl groups is 1. The summed E-state index contributed by atoms with van der Waals surface area (Å²) in [5.74, 6) is -3.72. The maximum absolute atomic E-state index is 12.9. The van der Waals surface area contributed by atoms with Gasteiger partial charge in [-0.15, -0.1) is 10.1 Å². The number of ketones is 1. The summed E-state index contributed by atoms with van der Waals surface area (Å²) in [6, 6.07) is 2.81. The second-order valence-electron chi connectivity index (χ2n) is 11.0. The molecule has 0 amide bonds. The van der Waals surface area contributed by atoms with E-state index in [9.17, 15) is 34.4 Å². The molecule has 3 fully saturated rings. The molecule has 212 valence electrons. The number of esters is 2. The van der Waals surface area contributed by atoms with Crippen molar-refractivity contribution >= 4 is 23.7 Å². The SMILES string of the molecule is CC(C)(C(=O)OCCCCO[N+](=O)[O-])c1cc(O)c([C@@H]2CC(=O)[C@@H]3C[C@@H]2C3(C)C)c(OC(=O)/C=C/C(=O)O)c1. The number of ether oxygens (including phenoxy) is 2. The lowest BCUT2D eigenvalue weighted by Crippen LogP contribution is -2.56. The van der Waals surface area contributed by atoms with Crippen molar-refractivity contribution in [1.82, 2.24) is 0 Å². The zero-order valence-corrected chi connectivity index (χ0v) is 22.3. The predicted molar refractivity (Wildman–Crippen MR) is 134 cm³/mol. The van der Waals surface area contributed by atoms with Crippen molar-refractivity contribution in [3.8, 4) is 11.5 Å². The largest absolute Gasteiger partial charge is 0.508 e. The number of aliphatic carboxylic acids is 1. The first-order valence-electron chi connectivity index (χ1n) is 12.6. The number of carboxylic acid groups (broad SMARTS) is 1. The van der Waals surface area contributed by atoms with Crippen molar-refractivity contribution in [3.05, 3.63) is 45.5 Å². The first-order chi connectivity index (χ1) is 18.2. The molecule has 0 unspecified atom stereocenters. The van der Waals surface area contributed by atoms with E-state index in [2.05, 4.69) is 4.84 Å². The molecule has 0 radical (unpaired) electrons. The Morgan fingerprint density at radius 1 is 1.18 bits per heavy atom. The molecule has 1 aromatic rings. The van der Waals surface area contributed by atoms with Crippen LogP contribution in [-0.4, -0.2) is 52.2 Å². The maximum Gasteiger partial charge on any atom is 0.336 e.